The van der Waals surface area contributed by atoms with E-state index in [9.17, 15) is 5.11 Å². The van der Waals surface area contributed by atoms with Crippen molar-refractivity contribution in [1.82, 2.24) is 15.5 Å². The Labute approximate surface area is 103 Å². The van der Waals surface area contributed by atoms with E-state index in [1.165, 1.54) is 6.39 Å². The Balaban J connectivity index is 1.82. The summed E-state index contributed by atoms with van der Waals surface area (Å²) in [4.78, 5) is 3.90. The van der Waals surface area contributed by atoms with Crippen molar-refractivity contribution in [3.8, 4) is 5.75 Å². The Morgan fingerprint density at radius 1 is 1.41 bits per heavy atom. The monoisotopic (exact) mass is 253 g/mol. The average Bonchev–Trinajstić information content (AvgIpc) is 2.80. The first-order valence-electron chi connectivity index (χ1n) is 5.19. The molecule has 0 fully saturated rings. The second kappa shape index (κ2) is 5.65. The van der Waals surface area contributed by atoms with Crippen molar-refractivity contribution in [2.45, 2.75) is 13.0 Å². The molecule has 0 aliphatic carbocycles. The van der Waals surface area contributed by atoms with E-state index in [1.54, 1.807) is 18.2 Å². The first-order chi connectivity index (χ1) is 8.27. The zero-order valence-electron chi connectivity index (χ0n) is 9.06. The minimum Gasteiger partial charge on any atom is -0.508 e. The third-order valence-electron chi connectivity index (χ3n) is 2.33. The topological polar surface area (TPSA) is 71.2 Å². The van der Waals surface area contributed by atoms with Gasteiger partial charge in [-0.25, -0.2) is 0 Å². The summed E-state index contributed by atoms with van der Waals surface area (Å²) in [6.07, 6.45) is 1.97. The van der Waals surface area contributed by atoms with Crippen LogP contribution in [0.1, 0.15) is 11.4 Å². The fourth-order valence-corrected chi connectivity index (χ4v) is 1.67. The standard InChI is InChI=1S/C11H12ClN3O2/c12-9-2-1-3-10(16)8(9)6-13-5-4-11-14-7-17-15-11/h1-3,7,13,16H,4-6H2. The van der Waals surface area contributed by atoms with Crippen LogP contribution in [0.4, 0.5) is 0 Å². The summed E-state index contributed by atoms with van der Waals surface area (Å²) in [6, 6.07) is 5.07. The van der Waals surface area contributed by atoms with Crippen LogP contribution in [0.2, 0.25) is 5.02 Å². The van der Waals surface area contributed by atoms with Gasteiger partial charge >= 0.3 is 0 Å². The molecule has 17 heavy (non-hydrogen) atoms. The molecule has 0 unspecified atom stereocenters. The molecule has 1 heterocycles. The van der Waals surface area contributed by atoms with Crippen LogP contribution in [-0.4, -0.2) is 21.8 Å². The fraction of sp³-hybridized carbons (Fsp3) is 0.273. The van der Waals surface area contributed by atoms with Crippen molar-refractivity contribution in [2.75, 3.05) is 6.54 Å². The molecule has 6 heteroatoms. The van der Waals surface area contributed by atoms with Crippen LogP contribution in [0.25, 0.3) is 0 Å². The molecule has 2 rings (SSSR count). The minimum atomic E-state index is 0.199. The molecule has 0 radical (unpaired) electrons. The SMILES string of the molecule is Oc1cccc(Cl)c1CNCCc1ncon1. The van der Waals surface area contributed by atoms with E-state index in [2.05, 4.69) is 20.0 Å². The molecule has 1 aromatic carbocycles. The van der Waals surface area contributed by atoms with E-state index in [0.29, 0.717) is 35.9 Å². The van der Waals surface area contributed by atoms with Crippen LogP contribution >= 0.6 is 11.6 Å². The molecule has 0 aliphatic rings. The third kappa shape index (κ3) is 3.18. The van der Waals surface area contributed by atoms with Gasteiger partial charge in [0.2, 0.25) is 6.39 Å². The van der Waals surface area contributed by atoms with Gasteiger partial charge in [-0.3, -0.25) is 0 Å². The van der Waals surface area contributed by atoms with Crippen LogP contribution < -0.4 is 5.32 Å². The maximum atomic E-state index is 9.61. The van der Waals surface area contributed by atoms with Gasteiger partial charge in [0.15, 0.2) is 5.82 Å². The van der Waals surface area contributed by atoms with Crippen molar-refractivity contribution in [3.63, 3.8) is 0 Å². The van der Waals surface area contributed by atoms with Crippen LogP contribution in [0.5, 0.6) is 5.75 Å². The second-order valence-electron chi connectivity index (χ2n) is 3.51. The van der Waals surface area contributed by atoms with E-state index >= 15 is 0 Å². The molecule has 2 N–H and O–H groups in total. The first kappa shape index (κ1) is 11.9. The molecule has 0 bridgehead atoms. The Bertz CT molecular complexity index is 453. The molecule has 0 spiro atoms. The smallest absolute Gasteiger partial charge is 0.213 e. The highest BCUT2D eigenvalue weighted by Gasteiger charge is 2.05. The number of benzene rings is 1. The van der Waals surface area contributed by atoms with Crippen LogP contribution in [0, 0.1) is 0 Å². The molecule has 0 amide bonds. The Morgan fingerprint density at radius 2 is 2.29 bits per heavy atom. The zero-order chi connectivity index (χ0) is 12.1. The van der Waals surface area contributed by atoms with Crippen LogP contribution in [-0.2, 0) is 13.0 Å². The van der Waals surface area contributed by atoms with Gasteiger partial charge in [0.1, 0.15) is 5.75 Å². The van der Waals surface area contributed by atoms with E-state index < -0.39 is 0 Å². The Morgan fingerprint density at radius 3 is 3.00 bits per heavy atom. The number of phenols is 1. The van der Waals surface area contributed by atoms with E-state index in [0.717, 1.165) is 0 Å². The maximum absolute atomic E-state index is 9.61. The van der Waals surface area contributed by atoms with Gasteiger partial charge in [-0.05, 0) is 12.1 Å². The molecule has 0 saturated heterocycles. The fourth-order valence-electron chi connectivity index (χ4n) is 1.44. The molecule has 90 valence electrons. The average molecular weight is 254 g/mol. The highest BCUT2D eigenvalue weighted by Crippen LogP contribution is 2.24. The molecule has 1 aromatic heterocycles. The highest BCUT2D eigenvalue weighted by atomic mass is 35.5. The van der Waals surface area contributed by atoms with Crippen molar-refractivity contribution in [2.24, 2.45) is 0 Å². The lowest BCUT2D eigenvalue weighted by Crippen LogP contribution is -2.17. The summed E-state index contributed by atoms with van der Waals surface area (Å²) < 4.78 is 4.62. The number of hydrogen-bond donors (Lipinski definition) is 2. The molecule has 0 saturated carbocycles. The predicted molar refractivity (Wildman–Crippen MR) is 62.8 cm³/mol. The summed E-state index contributed by atoms with van der Waals surface area (Å²) >= 11 is 5.97. The number of phenolic OH excluding ortho intramolecular Hbond substituents is 1. The van der Waals surface area contributed by atoms with Gasteiger partial charge in [-0.2, -0.15) is 4.98 Å². The summed E-state index contributed by atoms with van der Waals surface area (Å²) in [5.74, 6) is 0.852. The van der Waals surface area contributed by atoms with Gasteiger partial charge in [-0.15, -0.1) is 0 Å². The zero-order valence-corrected chi connectivity index (χ0v) is 9.81. The lowest BCUT2D eigenvalue weighted by Gasteiger charge is -2.07. The van der Waals surface area contributed by atoms with Crippen molar-refractivity contribution in [1.29, 1.82) is 0 Å². The quantitative estimate of drug-likeness (QED) is 0.795. The highest BCUT2D eigenvalue weighted by molar-refractivity contribution is 6.31. The number of nitrogens with one attached hydrogen (secondary N) is 1. The minimum absolute atomic E-state index is 0.199. The number of rotatable bonds is 5. The molecule has 5 nitrogen and oxygen atoms in total. The summed E-state index contributed by atoms with van der Waals surface area (Å²) in [5, 5.41) is 17.0. The van der Waals surface area contributed by atoms with Gasteiger partial charge in [0, 0.05) is 30.1 Å². The number of aromatic nitrogens is 2. The van der Waals surface area contributed by atoms with Crippen LogP contribution in [0.15, 0.2) is 29.1 Å². The number of aromatic hydroxyl groups is 1. The van der Waals surface area contributed by atoms with E-state index in [-0.39, 0.29) is 5.75 Å². The first-order valence-corrected chi connectivity index (χ1v) is 5.57. The molecular weight excluding hydrogens is 242 g/mol. The van der Waals surface area contributed by atoms with Crippen LogP contribution in [0.3, 0.4) is 0 Å². The Hall–Kier alpha value is -1.59. The lowest BCUT2D eigenvalue weighted by atomic mass is 10.2. The molecule has 2 aromatic rings. The largest absolute Gasteiger partial charge is 0.508 e. The van der Waals surface area contributed by atoms with Gasteiger partial charge in [0.05, 0.1) is 0 Å². The second-order valence-corrected chi connectivity index (χ2v) is 3.92. The van der Waals surface area contributed by atoms with Gasteiger partial charge in [-0.1, -0.05) is 22.8 Å². The lowest BCUT2D eigenvalue weighted by molar-refractivity contribution is 0.409. The molecule has 0 atom stereocenters. The number of nitrogens with zero attached hydrogens (tertiary/aromatic N) is 2. The Kier molecular flexibility index (Phi) is 3.95. The maximum Gasteiger partial charge on any atom is 0.213 e. The molecule has 0 aliphatic heterocycles. The van der Waals surface area contributed by atoms with Gasteiger partial charge < -0.3 is 14.9 Å². The predicted octanol–water partition coefficient (Wildman–Crippen LogP) is 1.76. The van der Waals surface area contributed by atoms with Gasteiger partial charge in [0.25, 0.3) is 0 Å². The van der Waals surface area contributed by atoms with E-state index in [1.807, 2.05) is 0 Å². The summed E-state index contributed by atoms with van der Waals surface area (Å²) in [5.41, 5.74) is 0.697. The van der Waals surface area contributed by atoms with Crippen molar-refractivity contribution in [3.05, 3.63) is 41.0 Å². The van der Waals surface area contributed by atoms with Crippen molar-refractivity contribution < 1.29 is 9.63 Å². The molecular formula is C11H12ClN3O2. The number of hydrogen-bond acceptors (Lipinski definition) is 5. The number of halogens is 1. The third-order valence-corrected chi connectivity index (χ3v) is 2.68. The van der Waals surface area contributed by atoms with E-state index in [4.69, 9.17) is 11.6 Å². The van der Waals surface area contributed by atoms with Crippen molar-refractivity contribution >= 4 is 11.6 Å². The summed E-state index contributed by atoms with van der Waals surface area (Å²) in [7, 11) is 0. The normalized spacial score (nSPS) is 10.6. The summed E-state index contributed by atoms with van der Waals surface area (Å²) in [6.45, 7) is 1.19.